The first-order chi connectivity index (χ1) is 9.34. The van der Waals surface area contributed by atoms with Gasteiger partial charge in [-0.2, -0.15) is 0 Å². The Morgan fingerprint density at radius 2 is 2.05 bits per heavy atom. The van der Waals surface area contributed by atoms with Gasteiger partial charge in [0.2, 0.25) is 0 Å². The van der Waals surface area contributed by atoms with Crippen LogP contribution in [0.15, 0.2) is 30.3 Å². The fraction of sp³-hybridized carbons (Fsp3) is 0.600. The second-order valence-corrected chi connectivity index (χ2v) is 4.92. The Labute approximate surface area is 114 Å². The summed E-state index contributed by atoms with van der Waals surface area (Å²) in [6.07, 6.45) is 0.610. The van der Waals surface area contributed by atoms with Crippen molar-refractivity contribution < 1.29 is 14.6 Å². The molecule has 2 rings (SSSR count). The van der Waals surface area contributed by atoms with Crippen LogP contribution in [0, 0.1) is 0 Å². The van der Waals surface area contributed by atoms with Crippen molar-refractivity contribution in [3.8, 4) is 0 Å². The minimum absolute atomic E-state index is 0.381. The molecular formula is C15H23NO3. The van der Waals surface area contributed by atoms with E-state index in [0.717, 1.165) is 38.3 Å². The molecule has 1 aliphatic rings. The molecule has 1 heterocycles. The second-order valence-electron chi connectivity index (χ2n) is 4.92. The zero-order valence-corrected chi connectivity index (χ0v) is 11.3. The van der Waals surface area contributed by atoms with E-state index in [1.54, 1.807) is 0 Å². The predicted molar refractivity (Wildman–Crippen MR) is 74.0 cm³/mol. The van der Waals surface area contributed by atoms with Gasteiger partial charge in [0.15, 0.2) is 0 Å². The number of benzene rings is 1. The molecule has 0 amide bonds. The molecule has 1 unspecified atom stereocenters. The maximum Gasteiger partial charge on any atom is 0.0900 e. The van der Waals surface area contributed by atoms with Gasteiger partial charge in [-0.25, -0.2) is 0 Å². The van der Waals surface area contributed by atoms with Gasteiger partial charge in [0.25, 0.3) is 0 Å². The standard InChI is InChI=1S/C15H23NO3/c17-15(11-16-7-4-9-18-10-8-16)13-19-12-14-5-2-1-3-6-14/h1-3,5-6,15,17H,4,7-13H2. The van der Waals surface area contributed by atoms with Gasteiger partial charge in [0, 0.05) is 26.2 Å². The molecule has 4 heteroatoms. The minimum atomic E-state index is -0.429. The van der Waals surface area contributed by atoms with E-state index in [1.807, 2.05) is 30.3 Å². The van der Waals surface area contributed by atoms with Crippen LogP contribution in [0.1, 0.15) is 12.0 Å². The zero-order chi connectivity index (χ0) is 13.3. The highest BCUT2D eigenvalue weighted by Gasteiger charge is 2.13. The Hall–Kier alpha value is -0.940. The average Bonchev–Trinajstić information content (AvgIpc) is 2.68. The Bertz CT molecular complexity index is 337. The molecule has 0 radical (unpaired) electrons. The normalized spacial score (nSPS) is 19.0. The number of hydrogen-bond acceptors (Lipinski definition) is 4. The Morgan fingerprint density at radius 1 is 1.21 bits per heavy atom. The molecule has 1 atom stereocenters. The van der Waals surface area contributed by atoms with Crippen LogP contribution in [-0.4, -0.2) is 55.6 Å². The van der Waals surface area contributed by atoms with Crippen molar-refractivity contribution in [2.75, 3.05) is 39.5 Å². The van der Waals surface area contributed by atoms with Crippen LogP contribution in [0.25, 0.3) is 0 Å². The lowest BCUT2D eigenvalue weighted by atomic mass is 10.2. The molecule has 4 nitrogen and oxygen atoms in total. The number of aliphatic hydroxyl groups is 1. The molecule has 106 valence electrons. The number of aliphatic hydroxyl groups excluding tert-OH is 1. The van der Waals surface area contributed by atoms with Crippen LogP contribution in [0.4, 0.5) is 0 Å². The smallest absolute Gasteiger partial charge is 0.0900 e. The number of nitrogens with zero attached hydrogens (tertiary/aromatic N) is 1. The zero-order valence-electron chi connectivity index (χ0n) is 11.3. The van der Waals surface area contributed by atoms with E-state index in [1.165, 1.54) is 0 Å². The molecule has 19 heavy (non-hydrogen) atoms. The average molecular weight is 265 g/mol. The first kappa shape index (κ1) is 14.5. The molecule has 1 aromatic rings. The number of ether oxygens (including phenoxy) is 2. The van der Waals surface area contributed by atoms with Gasteiger partial charge in [-0.05, 0) is 12.0 Å². The lowest BCUT2D eigenvalue weighted by Gasteiger charge is -2.22. The molecule has 1 fully saturated rings. The van der Waals surface area contributed by atoms with Crippen LogP contribution in [0.2, 0.25) is 0 Å². The maximum absolute atomic E-state index is 9.96. The van der Waals surface area contributed by atoms with Crippen LogP contribution in [-0.2, 0) is 16.1 Å². The van der Waals surface area contributed by atoms with Crippen LogP contribution >= 0.6 is 0 Å². The van der Waals surface area contributed by atoms with Crippen molar-refractivity contribution in [3.63, 3.8) is 0 Å². The summed E-state index contributed by atoms with van der Waals surface area (Å²) in [7, 11) is 0. The highest BCUT2D eigenvalue weighted by atomic mass is 16.5. The van der Waals surface area contributed by atoms with E-state index in [-0.39, 0.29) is 0 Å². The molecule has 0 bridgehead atoms. The molecule has 1 saturated heterocycles. The Morgan fingerprint density at radius 3 is 2.89 bits per heavy atom. The molecule has 1 aromatic carbocycles. The molecule has 0 spiro atoms. The van der Waals surface area contributed by atoms with Crippen LogP contribution in [0.3, 0.4) is 0 Å². The van der Waals surface area contributed by atoms with E-state index in [2.05, 4.69) is 4.90 Å². The lowest BCUT2D eigenvalue weighted by Crippen LogP contribution is -2.36. The van der Waals surface area contributed by atoms with Crippen molar-refractivity contribution >= 4 is 0 Å². The van der Waals surface area contributed by atoms with Gasteiger partial charge in [0.1, 0.15) is 0 Å². The molecule has 0 aromatic heterocycles. The summed E-state index contributed by atoms with van der Waals surface area (Å²) in [5.74, 6) is 0. The van der Waals surface area contributed by atoms with Gasteiger partial charge < -0.3 is 14.6 Å². The van der Waals surface area contributed by atoms with Crippen molar-refractivity contribution in [1.82, 2.24) is 4.90 Å². The number of rotatable bonds is 6. The summed E-state index contributed by atoms with van der Waals surface area (Å²) in [4.78, 5) is 2.24. The number of β-amino-alcohol motifs (C(OH)–C–C–N with tert-alkyl or cyclic N) is 1. The van der Waals surface area contributed by atoms with Crippen molar-refractivity contribution in [1.29, 1.82) is 0 Å². The van der Waals surface area contributed by atoms with E-state index in [4.69, 9.17) is 9.47 Å². The van der Waals surface area contributed by atoms with E-state index in [9.17, 15) is 5.11 Å². The van der Waals surface area contributed by atoms with E-state index >= 15 is 0 Å². The second kappa shape index (κ2) is 8.27. The molecule has 1 N–H and O–H groups in total. The van der Waals surface area contributed by atoms with Crippen LogP contribution in [0.5, 0.6) is 0 Å². The predicted octanol–water partition coefficient (Wildman–Crippen LogP) is 1.29. The fourth-order valence-corrected chi connectivity index (χ4v) is 2.22. The van der Waals surface area contributed by atoms with Crippen LogP contribution < -0.4 is 0 Å². The van der Waals surface area contributed by atoms with Gasteiger partial charge >= 0.3 is 0 Å². The van der Waals surface area contributed by atoms with E-state index in [0.29, 0.717) is 19.8 Å². The first-order valence-corrected chi connectivity index (χ1v) is 6.94. The summed E-state index contributed by atoms with van der Waals surface area (Å²) >= 11 is 0. The third kappa shape index (κ3) is 5.70. The molecule has 1 aliphatic heterocycles. The molecule has 0 saturated carbocycles. The Kier molecular flexibility index (Phi) is 6.30. The highest BCUT2D eigenvalue weighted by molar-refractivity contribution is 5.13. The van der Waals surface area contributed by atoms with Gasteiger partial charge in [-0.1, -0.05) is 30.3 Å². The molecule has 0 aliphatic carbocycles. The third-order valence-corrected chi connectivity index (χ3v) is 3.21. The fourth-order valence-electron chi connectivity index (χ4n) is 2.22. The SMILES string of the molecule is OC(COCc1ccccc1)CN1CCCOCC1. The largest absolute Gasteiger partial charge is 0.389 e. The van der Waals surface area contributed by atoms with Gasteiger partial charge in [-0.15, -0.1) is 0 Å². The summed E-state index contributed by atoms with van der Waals surface area (Å²) in [6, 6.07) is 10.0. The minimum Gasteiger partial charge on any atom is -0.389 e. The summed E-state index contributed by atoms with van der Waals surface area (Å²) in [5, 5.41) is 9.96. The van der Waals surface area contributed by atoms with Gasteiger partial charge in [0.05, 0.1) is 25.9 Å². The Balaban J connectivity index is 1.62. The van der Waals surface area contributed by atoms with Gasteiger partial charge in [-0.3, -0.25) is 4.90 Å². The van der Waals surface area contributed by atoms with Crippen molar-refractivity contribution in [2.45, 2.75) is 19.1 Å². The third-order valence-electron chi connectivity index (χ3n) is 3.21. The monoisotopic (exact) mass is 265 g/mol. The summed E-state index contributed by atoms with van der Waals surface area (Å²) in [6.45, 7) is 5.09. The first-order valence-electron chi connectivity index (χ1n) is 6.94. The lowest BCUT2D eigenvalue weighted by molar-refractivity contribution is 0.00960. The van der Waals surface area contributed by atoms with Crippen molar-refractivity contribution in [2.24, 2.45) is 0 Å². The summed E-state index contributed by atoms with van der Waals surface area (Å²) < 4.78 is 10.9. The quantitative estimate of drug-likeness (QED) is 0.841. The van der Waals surface area contributed by atoms with Crippen molar-refractivity contribution in [3.05, 3.63) is 35.9 Å². The highest BCUT2D eigenvalue weighted by Crippen LogP contribution is 2.03. The number of hydrogen-bond donors (Lipinski definition) is 1. The van der Waals surface area contributed by atoms with E-state index < -0.39 is 6.10 Å². The summed E-state index contributed by atoms with van der Waals surface area (Å²) in [5.41, 5.74) is 1.14. The topological polar surface area (TPSA) is 41.9 Å². The molecular weight excluding hydrogens is 242 g/mol. The maximum atomic E-state index is 9.96.